The summed E-state index contributed by atoms with van der Waals surface area (Å²) in [6, 6.07) is 4.20. The Kier molecular flexibility index (Phi) is 2.28. The van der Waals surface area contributed by atoms with Crippen molar-refractivity contribution < 1.29 is 4.79 Å². The molecule has 2 heteroatoms. The maximum Gasteiger partial charge on any atom is 0.224 e. The maximum absolute atomic E-state index is 11.4. The van der Waals surface area contributed by atoms with Crippen molar-refractivity contribution in [3.05, 3.63) is 28.8 Å². The van der Waals surface area contributed by atoms with E-state index in [0.29, 0.717) is 6.42 Å². The van der Waals surface area contributed by atoms with Crippen molar-refractivity contribution in [1.82, 2.24) is 0 Å². The largest absolute Gasteiger partial charge is 0.326 e. The topological polar surface area (TPSA) is 29.1 Å². The number of fused-ring (bicyclic) bond motifs is 1. The number of carbonyl (C=O) groups excluding carboxylic acids is 1. The van der Waals surface area contributed by atoms with E-state index >= 15 is 0 Å². The minimum Gasteiger partial charge on any atom is -0.326 e. The summed E-state index contributed by atoms with van der Waals surface area (Å²) in [4.78, 5) is 11.4. The molecule has 1 aromatic rings. The van der Waals surface area contributed by atoms with E-state index in [1.807, 2.05) is 6.92 Å². The average Bonchev–Trinajstić information content (AvgIpc) is 2.34. The number of rotatable bonds is 0. The zero-order valence-corrected chi connectivity index (χ0v) is 8.68. The van der Waals surface area contributed by atoms with Gasteiger partial charge in [0, 0.05) is 12.1 Å². The van der Waals surface area contributed by atoms with Crippen LogP contribution in [0.2, 0.25) is 0 Å². The Balaban J connectivity index is 2.54. The zero-order chi connectivity index (χ0) is 10.1. The summed E-state index contributed by atoms with van der Waals surface area (Å²) in [7, 11) is 0. The molecule has 0 bridgehead atoms. The van der Waals surface area contributed by atoms with Gasteiger partial charge in [-0.3, -0.25) is 4.79 Å². The maximum atomic E-state index is 11.4. The molecule has 0 radical (unpaired) electrons. The Morgan fingerprint density at radius 2 is 1.86 bits per heavy atom. The van der Waals surface area contributed by atoms with Crippen molar-refractivity contribution in [2.24, 2.45) is 0 Å². The molecule has 0 aromatic heterocycles. The Morgan fingerprint density at radius 1 is 1.14 bits per heavy atom. The fraction of sp³-hybridized carbons (Fsp3) is 0.417. The van der Waals surface area contributed by atoms with Crippen molar-refractivity contribution in [2.45, 2.75) is 33.1 Å². The molecule has 74 valence electrons. The van der Waals surface area contributed by atoms with Gasteiger partial charge >= 0.3 is 0 Å². The molecule has 2 nitrogen and oxygen atoms in total. The minimum absolute atomic E-state index is 0.150. The van der Waals surface area contributed by atoms with Crippen LogP contribution in [0.4, 0.5) is 5.69 Å². The van der Waals surface area contributed by atoms with E-state index in [1.165, 1.54) is 16.7 Å². The van der Waals surface area contributed by atoms with E-state index in [-0.39, 0.29) is 5.91 Å². The molecule has 2 rings (SSSR count). The van der Waals surface area contributed by atoms with Gasteiger partial charge in [-0.2, -0.15) is 0 Å². The Bertz CT molecular complexity index is 382. The first-order chi connectivity index (χ1) is 6.68. The van der Waals surface area contributed by atoms with Crippen molar-refractivity contribution >= 4 is 11.6 Å². The summed E-state index contributed by atoms with van der Waals surface area (Å²) >= 11 is 0. The average molecular weight is 189 g/mol. The van der Waals surface area contributed by atoms with Crippen LogP contribution in [-0.2, 0) is 11.2 Å². The second-order valence-electron chi connectivity index (χ2n) is 3.95. The quantitative estimate of drug-likeness (QED) is 0.667. The van der Waals surface area contributed by atoms with Crippen molar-refractivity contribution in [3.63, 3.8) is 0 Å². The van der Waals surface area contributed by atoms with Gasteiger partial charge in [0.15, 0.2) is 0 Å². The molecule has 0 spiro atoms. The predicted octanol–water partition coefficient (Wildman–Crippen LogP) is 2.58. The molecular formula is C12H15NO. The summed E-state index contributed by atoms with van der Waals surface area (Å²) in [5.41, 5.74) is 4.82. The SMILES string of the molecule is Cc1ccc(C)c2c1CCCC(=O)N2. The first-order valence-electron chi connectivity index (χ1n) is 5.07. The highest BCUT2D eigenvalue weighted by molar-refractivity contribution is 5.93. The van der Waals surface area contributed by atoms with Gasteiger partial charge in [-0.25, -0.2) is 0 Å². The summed E-state index contributed by atoms with van der Waals surface area (Å²) in [5.74, 6) is 0.150. The van der Waals surface area contributed by atoms with Gasteiger partial charge in [-0.15, -0.1) is 0 Å². The molecule has 0 aliphatic carbocycles. The Labute approximate surface area is 84.3 Å². The van der Waals surface area contributed by atoms with Crippen LogP contribution < -0.4 is 5.32 Å². The van der Waals surface area contributed by atoms with Crippen molar-refractivity contribution in [3.8, 4) is 0 Å². The molecule has 1 aliphatic rings. The van der Waals surface area contributed by atoms with Crippen LogP contribution in [0, 0.1) is 13.8 Å². The van der Waals surface area contributed by atoms with Crippen LogP contribution in [0.5, 0.6) is 0 Å². The summed E-state index contributed by atoms with van der Waals surface area (Å²) in [5, 5.41) is 2.99. The van der Waals surface area contributed by atoms with Crippen molar-refractivity contribution in [1.29, 1.82) is 0 Å². The molecule has 1 aromatic carbocycles. The summed E-state index contributed by atoms with van der Waals surface area (Å²) < 4.78 is 0. The number of hydrogen-bond donors (Lipinski definition) is 1. The molecule has 0 saturated carbocycles. The Morgan fingerprint density at radius 3 is 2.64 bits per heavy atom. The second kappa shape index (κ2) is 3.45. The molecule has 1 heterocycles. The number of amides is 1. The fourth-order valence-corrected chi connectivity index (χ4v) is 1.99. The van der Waals surface area contributed by atoms with E-state index in [4.69, 9.17) is 0 Å². The number of benzene rings is 1. The lowest BCUT2D eigenvalue weighted by Crippen LogP contribution is -2.10. The molecular weight excluding hydrogens is 174 g/mol. The van der Waals surface area contributed by atoms with Crippen LogP contribution in [-0.4, -0.2) is 5.91 Å². The highest BCUT2D eigenvalue weighted by atomic mass is 16.1. The molecule has 14 heavy (non-hydrogen) atoms. The Hall–Kier alpha value is -1.31. The lowest BCUT2D eigenvalue weighted by Gasteiger charge is -2.12. The molecule has 1 N–H and O–H groups in total. The summed E-state index contributed by atoms with van der Waals surface area (Å²) in [6.07, 6.45) is 2.62. The molecule has 1 amide bonds. The van der Waals surface area contributed by atoms with E-state index < -0.39 is 0 Å². The third-order valence-electron chi connectivity index (χ3n) is 2.85. The first kappa shape index (κ1) is 9.25. The number of nitrogens with one attached hydrogen (secondary N) is 1. The second-order valence-corrected chi connectivity index (χ2v) is 3.95. The van der Waals surface area contributed by atoms with E-state index in [2.05, 4.69) is 24.4 Å². The lowest BCUT2D eigenvalue weighted by atomic mass is 9.99. The van der Waals surface area contributed by atoms with Gasteiger partial charge in [0.05, 0.1) is 0 Å². The fourth-order valence-electron chi connectivity index (χ4n) is 1.99. The predicted molar refractivity (Wildman–Crippen MR) is 57.5 cm³/mol. The normalized spacial score (nSPS) is 15.7. The number of anilines is 1. The zero-order valence-electron chi connectivity index (χ0n) is 8.68. The molecule has 0 fully saturated rings. The van der Waals surface area contributed by atoms with E-state index in [0.717, 1.165) is 18.5 Å². The third-order valence-corrected chi connectivity index (χ3v) is 2.85. The number of aryl methyl sites for hydroxylation is 2. The van der Waals surface area contributed by atoms with Gasteiger partial charge < -0.3 is 5.32 Å². The highest BCUT2D eigenvalue weighted by Crippen LogP contribution is 2.28. The molecule has 0 saturated heterocycles. The number of carbonyl (C=O) groups is 1. The van der Waals surface area contributed by atoms with Crippen LogP contribution in [0.3, 0.4) is 0 Å². The molecule has 0 unspecified atom stereocenters. The molecule has 1 aliphatic heterocycles. The van der Waals surface area contributed by atoms with Crippen molar-refractivity contribution in [2.75, 3.05) is 5.32 Å². The van der Waals surface area contributed by atoms with E-state index in [1.54, 1.807) is 0 Å². The first-order valence-corrected chi connectivity index (χ1v) is 5.07. The van der Waals surface area contributed by atoms with Gasteiger partial charge in [-0.1, -0.05) is 12.1 Å². The van der Waals surface area contributed by atoms with Crippen LogP contribution in [0.25, 0.3) is 0 Å². The van der Waals surface area contributed by atoms with Crippen LogP contribution in [0.1, 0.15) is 29.5 Å². The number of hydrogen-bond acceptors (Lipinski definition) is 1. The van der Waals surface area contributed by atoms with Crippen LogP contribution in [0.15, 0.2) is 12.1 Å². The minimum atomic E-state index is 0.150. The third kappa shape index (κ3) is 1.52. The standard InChI is InChI=1S/C12H15NO/c1-8-6-7-9(2)12-10(8)4-3-5-11(14)13-12/h6-7H,3-5H2,1-2H3,(H,13,14). The monoisotopic (exact) mass is 189 g/mol. The van der Waals surface area contributed by atoms with E-state index in [9.17, 15) is 4.79 Å². The highest BCUT2D eigenvalue weighted by Gasteiger charge is 2.15. The molecule has 0 atom stereocenters. The van der Waals surface area contributed by atoms with Crippen LogP contribution >= 0.6 is 0 Å². The smallest absolute Gasteiger partial charge is 0.224 e. The summed E-state index contributed by atoms with van der Waals surface area (Å²) in [6.45, 7) is 4.15. The lowest BCUT2D eigenvalue weighted by molar-refractivity contribution is -0.116. The van der Waals surface area contributed by atoms with Gasteiger partial charge in [0.1, 0.15) is 0 Å². The van der Waals surface area contributed by atoms with Gasteiger partial charge in [0.25, 0.3) is 0 Å². The van der Waals surface area contributed by atoms with Gasteiger partial charge in [0.2, 0.25) is 5.91 Å². The van der Waals surface area contributed by atoms with Gasteiger partial charge in [-0.05, 0) is 43.4 Å².